The van der Waals surface area contributed by atoms with Crippen molar-refractivity contribution in [3.05, 3.63) is 34.6 Å². The molecular formula is C14H16ClFN2O2. The molecule has 1 aromatic carbocycles. The number of likely N-dealkylation sites (tertiary alicyclic amines) is 1. The van der Waals surface area contributed by atoms with Crippen LogP contribution in [0.5, 0.6) is 0 Å². The smallest absolute Gasteiger partial charge is 0.256 e. The highest BCUT2D eigenvalue weighted by Gasteiger charge is 2.26. The fourth-order valence-corrected chi connectivity index (χ4v) is 2.63. The first-order valence-electron chi connectivity index (χ1n) is 6.50. The Morgan fingerprint density at radius 1 is 1.35 bits per heavy atom. The van der Waals surface area contributed by atoms with Gasteiger partial charge in [-0.3, -0.25) is 9.59 Å². The van der Waals surface area contributed by atoms with Crippen molar-refractivity contribution in [2.24, 2.45) is 11.7 Å². The number of carbonyl (C=O) groups excluding carboxylic acids is 2. The number of hydrogen-bond acceptors (Lipinski definition) is 2. The Kier molecular flexibility index (Phi) is 4.60. The van der Waals surface area contributed by atoms with Crippen LogP contribution < -0.4 is 5.73 Å². The van der Waals surface area contributed by atoms with E-state index in [0.29, 0.717) is 37.4 Å². The van der Waals surface area contributed by atoms with Crippen molar-refractivity contribution in [3.63, 3.8) is 0 Å². The third-order valence-corrected chi connectivity index (χ3v) is 3.79. The van der Waals surface area contributed by atoms with Gasteiger partial charge in [-0.1, -0.05) is 11.6 Å². The zero-order valence-corrected chi connectivity index (χ0v) is 11.7. The highest BCUT2D eigenvalue weighted by Crippen LogP contribution is 2.23. The van der Waals surface area contributed by atoms with E-state index in [0.717, 1.165) is 0 Å². The summed E-state index contributed by atoms with van der Waals surface area (Å²) in [6, 6.07) is 3.94. The Morgan fingerprint density at radius 3 is 2.60 bits per heavy atom. The normalized spacial score (nSPS) is 16.2. The molecule has 108 valence electrons. The lowest BCUT2D eigenvalue weighted by Gasteiger charge is -2.31. The van der Waals surface area contributed by atoms with Gasteiger partial charge in [-0.2, -0.15) is 0 Å². The minimum absolute atomic E-state index is 0.00847. The van der Waals surface area contributed by atoms with Crippen LogP contribution in [0, 0.1) is 11.7 Å². The van der Waals surface area contributed by atoms with Crippen LogP contribution in [0.1, 0.15) is 29.6 Å². The van der Waals surface area contributed by atoms with E-state index in [4.69, 9.17) is 17.3 Å². The van der Waals surface area contributed by atoms with Crippen molar-refractivity contribution in [2.45, 2.75) is 19.3 Å². The quantitative estimate of drug-likeness (QED) is 0.930. The third-order valence-electron chi connectivity index (χ3n) is 3.55. The molecular weight excluding hydrogens is 283 g/mol. The summed E-state index contributed by atoms with van der Waals surface area (Å²) in [6.07, 6.45) is 1.75. The number of carbonyl (C=O) groups is 2. The summed E-state index contributed by atoms with van der Waals surface area (Å²) in [5.41, 5.74) is 5.15. The highest BCUT2D eigenvalue weighted by atomic mass is 35.5. The van der Waals surface area contributed by atoms with E-state index in [1.165, 1.54) is 18.2 Å². The summed E-state index contributed by atoms with van der Waals surface area (Å²) in [5, 5.41) is 0.332. The van der Waals surface area contributed by atoms with Crippen LogP contribution in [0.15, 0.2) is 18.2 Å². The van der Waals surface area contributed by atoms with Crippen molar-refractivity contribution in [1.29, 1.82) is 0 Å². The molecule has 1 aliphatic heterocycles. The molecule has 1 heterocycles. The number of hydrogen-bond donors (Lipinski definition) is 1. The molecule has 4 nitrogen and oxygen atoms in total. The highest BCUT2D eigenvalue weighted by molar-refractivity contribution is 6.31. The number of piperidine rings is 1. The van der Waals surface area contributed by atoms with Crippen molar-refractivity contribution < 1.29 is 14.0 Å². The first kappa shape index (κ1) is 14.8. The second-order valence-corrected chi connectivity index (χ2v) is 5.47. The van der Waals surface area contributed by atoms with Gasteiger partial charge in [0.1, 0.15) is 5.82 Å². The maximum atomic E-state index is 13.7. The van der Waals surface area contributed by atoms with Gasteiger partial charge in [0.05, 0.1) is 5.56 Å². The Labute approximate surface area is 121 Å². The van der Waals surface area contributed by atoms with E-state index in [1.54, 1.807) is 4.90 Å². The summed E-state index contributed by atoms with van der Waals surface area (Å²) >= 11 is 5.79. The molecule has 0 aromatic heterocycles. The largest absolute Gasteiger partial charge is 0.370 e. The van der Waals surface area contributed by atoms with Crippen LogP contribution in [0.4, 0.5) is 4.39 Å². The molecule has 20 heavy (non-hydrogen) atoms. The SMILES string of the molecule is NC(=O)CC1CCN(C(=O)c2cc(Cl)ccc2F)CC1. The van der Waals surface area contributed by atoms with Gasteiger partial charge in [0.15, 0.2) is 0 Å². The maximum absolute atomic E-state index is 13.7. The minimum Gasteiger partial charge on any atom is -0.370 e. The van der Waals surface area contributed by atoms with E-state index in [2.05, 4.69) is 0 Å². The average molecular weight is 299 g/mol. The Morgan fingerprint density at radius 2 is 2.00 bits per heavy atom. The van der Waals surface area contributed by atoms with Crippen molar-refractivity contribution in [2.75, 3.05) is 13.1 Å². The van der Waals surface area contributed by atoms with Gasteiger partial charge in [-0.15, -0.1) is 0 Å². The van der Waals surface area contributed by atoms with Crippen molar-refractivity contribution in [3.8, 4) is 0 Å². The molecule has 1 aromatic rings. The number of halogens is 2. The van der Waals surface area contributed by atoms with E-state index < -0.39 is 5.82 Å². The topological polar surface area (TPSA) is 63.4 Å². The lowest BCUT2D eigenvalue weighted by Crippen LogP contribution is -2.39. The lowest BCUT2D eigenvalue weighted by molar-refractivity contribution is -0.119. The zero-order valence-electron chi connectivity index (χ0n) is 10.9. The molecule has 0 spiro atoms. The summed E-state index contributed by atoms with van der Waals surface area (Å²) < 4.78 is 13.7. The van der Waals surface area contributed by atoms with Crippen LogP contribution in [-0.4, -0.2) is 29.8 Å². The Balaban J connectivity index is 2.01. The van der Waals surface area contributed by atoms with Crippen LogP contribution in [0.3, 0.4) is 0 Å². The fraction of sp³-hybridized carbons (Fsp3) is 0.429. The number of benzene rings is 1. The first-order valence-corrected chi connectivity index (χ1v) is 6.88. The molecule has 0 atom stereocenters. The standard InChI is InChI=1S/C14H16ClFN2O2/c15-10-1-2-12(16)11(8-10)14(20)18-5-3-9(4-6-18)7-13(17)19/h1-2,8-9H,3-7H2,(H2,17,19). The van der Waals surface area contributed by atoms with Gasteiger partial charge in [0, 0.05) is 24.5 Å². The molecule has 1 aliphatic rings. The molecule has 0 unspecified atom stereocenters. The number of rotatable bonds is 3. The molecule has 0 saturated carbocycles. The average Bonchev–Trinajstić information content (AvgIpc) is 2.41. The summed E-state index contributed by atoms with van der Waals surface area (Å²) in [5.74, 6) is -1.04. The van der Waals surface area contributed by atoms with Crippen LogP contribution >= 0.6 is 11.6 Å². The predicted molar refractivity (Wildman–Crippen MR) is 73.8 cm³/mol. The van der Waals surface area contributed by atoms with E-state index in [-0.39, 0.29) is 23.3 Å². The molecule has 2 N–H and O–H groups in total. The van der Waals surface area contributed by atoms with Gasteiger partial charge in [0.25, 0.3) is 5.91 Å². The van der Waals surface area contributed by atoms with E-state index in [9.17, 15) is 14.0 Å². The Hall–Kier alpha value is -1.62. The molecule has 0 aliphatic carbocycles. The van der Waals surface area contributed by atoms with Crippen LogP contribution in [0.2, 0.25) is 5.02 Å². The lowest BCUT2D eigenvalue weighted by atomic mass is 9.93. The summed E-state index contributed by atoms with van der Waals surface area (Å²) in [6.45, 7) is 1.01. The van der Waals surface area contributed by atoms with Gasteiger partial charge < -0.3 is 10.6 Å². The van der Waals surface area contributed by atoms with Gasteiger partial charge in [-0.05, 0) is 37.0 Å². The first-order chi connectivity index (χ1) is 9.47. The van der Waals surface area contributed by atoms with Crippen molar-refractivity contribution in [1.82, 2.24) is 4.90 Å². The van der Waals surface area contributed by atoms with Crippen LogP contribution in [-0.2, 0) is 4.79 Å². The second kappa shape index (κ2) is 6.22. The summed E-state index contributed by atoms with van der Waals surface area (Å²) in [4.78, 5) is 24.7. The molecule has 0 bridgehead atoms. The van der Waals surface area contributed by atoms with E-state index in [1.807, 2.05) is 0 Å². The predicted octanol–water partition coefficient (Wildman–Crippen LogP) is 2.21. The third kappa shape index (κ3) is 3.48. The molecule has 6 heteroatoms. The monoisotopic (exact) mass is 298 g/mol. The molecule has 1 saturated heterocycles. The molecule has 2 rings (SSSR count). The number of primary amides is 1. The molecule has 1 fully saturated rings. The second-order valence-electron chi connectivity index (χ2n) is 5.03. The maximum Gasteiger partial charge on any atom is 0.256 e. The number of nitrogens with two attached hydrogens (primary N) is 1. The van der Waals surface area contributed by atoms with Gasteiger partial charge >= 0.3 is 0 Å². The van der Waals surface area contributed by atoms with Crippen LogP contribution in [0.25, 0.3) is 0 Å². The Bertz CT molecular complexity index is 528. The molecule has 0 radical (unpaired) electrons. The minimum atomic E-state index is -0.571. The molecule has 2 amide bonds. The van der Waals surface area contributed by atoms with Gasteiger partial charge in [-0.25, -0.2) is 4.39 Å². The summed E-state index contributed by atoms with van der Waals surface area (Å²) in [7, 11) is 0. The van der Waals surface area contributed by atoms with Crippen molar-refractivity contribution >= 4 is 23.4 Å². The van der Waals surface area contributed by atoms with E-state index >= 15 is 0 Å². The number of amides is 2. The fourth-order valence-electron chi connectivity index (χ4n) is 2.46. The zero-order chi connectivity index (χ0) is 14.7. The van der Waals surface area contributed by atoms with Gasteiger partial charge in [0.2, 0.25) is 5.91 Å². The number of nitrogens with zero attached hydrogens (tertiary/aromatic N) is 1.